The minimum absolute atomic E-state index is 0.0575. The standard InChI is InChI=1S/C18H33N3O/c1-4-6-7-8-9-10-11-12-18-20-14-16-21(18,5-2)15-13-19-17(3)22/h6-7,14,16,18,20H,4-5,8-13,15H2,1-3H3/p+1/b7-6+. The largest absolute Gasteiger partial charge is 0.351 e. The van der Waals surface area contributed by atoms with Crippen LogP contribution in [0.5, 0.6) is 0 Å². The van der Waals surface area contributed by atoms with Crippen LogP contribution < -0.4 is 10.6 Å². The van der Waals surface area contributed by atoms with Crippen LogP contribution in [0.15, 0.2) is 24.6 Å². The summed E-state index contributed by atoms with van der Waals surface area (Å²) in [6.07, 6.45) is 16.8. The number of likely N-dealkylation sites (N-methyl/N-ethyl adjacent to an activating group) is 1. The number of quaternary nitrogens is 1. The molecule has 4 heteroatoms. The van der Waals surface area contributed by atoms with E-state index in [4.69, 9.17) is 0 Å². The molecule has 0 aromatic rings. The summed E-state index contributed by atoms with van der Waals surface area (Å²) in [7, 11) is 0. The second-order valence-corrected chi connectivity index (χ2v) is 6.14. The zero-order valence-electron chi connectivity index (χ0n) is 14.6. The van der Waals surface area contributed by atoms with E-state index in [1.807, 2.05) is 0 Å². The quantitative estimate of drug-likeness (QED) is 0.349. The Labute approximate surface area is 136 Å². The predicted octanol–water partition coefficient (Wildman–Crippen LogP) is 3.28. The Morgan fingerprint density at radius 3 is 2.77 bits per heavy atom. The van der Waals surface area contributed by atoms with Gasteiger partial charge in [-0.15, -0.1) is 0 Å². The molecule has 2 unspecified atom stereocenters. The molecule has 0 bridgehead atoms. The summed E-state index contributed by atoms with van der Waals surface area (Å²) < 4.78 is 0.940. The fraction of sp³-hybridized carbons (Fsp3) is 0.722. The van der Waals surface area contributed by atoms with Crippen molar-refractivity contribution in [3.05, 3.63) is 24.6 Å². The molecule has 1 amide bonds. The smallest absolute Gasteiger partial charge is 0.217 e. The van der Waals surface area contributed by atoms with Gasteiger partial charge < -0.3 is 10.6 Å². The van der Waals surface area contributed by atoms with E-state index in [1.165, 1.54) is 32.1 Å². The van der Waals surface area contributed by atoms with Crippen LogP contribution in [0.1, 0.15) is 59.3 Å². The van der Waals surface area contributed by atoms with E-state index in [2.05, 4.69) is 49.0 Å². The molecule has 0 saturated carbocycles. The summed E-state index contributed by atoms with van der Waals surface area (Å²) in [6.45, 7) is 8.76. The Hall–Kier alpha value is -1.29. The molecule has 1 heterocycles. The maximum absolute atomic E-state index is 11.1. The van der Waals surface area contributed by atoms with Gasteiger partial charge in [0.1, 0.15) is 12.7 Å². The van der Waals surface area contributed by atoms with Crippen LogP contribution in [0, 0.1) is 0 Å². The Morgan fingerprint density at radius 2 is 2.09 bits per heavy atom. The van der Waals surface area contributed by atoms with Crippen LogP contribution in [-0.2, 0) is 4.79 Å². The first-order valence-corrected chi connectivity index (χ1v) is 8.84. The number of hydrogen-bond acceptors (Lipinski definition) is 2. The van der Waals surface area contributed by atoms with E-state index in [9.17, 15) is 4.79 Å². The van der Waals surface area contributed by atoms with E-state index >= 15 is 0 Å². The Bertz CT molecular complexity index is 379. The summed E-state index contributed by atoms with van der Waals surface area (Å²) in [4.78, 5) is 11.1. The molecule has 22 heavy (non-hydrogen) atoms. The van der Waals surface area contributed by atoms with Gasteiger partial charge in [0, 0.05) is 13.3 Å². The average molecular weight is 308 g/mol. The van der Waals surface area contributed by atoms with Crippen molar-refractivity contribution in [2.45, 2.75) is 65.5 Å². The molecule has 2 atom stereocenters. The third-order valence-corrected chi connectivity index (χ3v) is 4.52. The molecule has 0 radical (unpaired) electrons. The Balaban J connectivity index is 2.31. The summed E-state index contributed by atoms with van der Waals surface area (Å²) in [6, 6.07) is 0. The van der Waals surface area contributed by atoms with E-state index in [1.54, 1.807) is 6.92 Å². The van der Waals surface area contributed by atoms with Crippen molar-refractivity contribution in [2.24, 2.45) is 0 Å². The number of hydrogen-bond donors (Lipinski definition) is 2. The molecule has 0 saturated heterocycles. The minimum Gasteiger partial charge on any atom is -0.351 e. The van der Waals surface area contributed by atoms with Crippen molar-refractivity contribution in [3.63, 3.8) is 0 Å². The lowest BCUT2D eigenvalue weighted by Crippen LogP contribution is -2.55. The van der Waals surface area contributed by atoms with Crippen molar-refractivity contribution in [3.8, 4) is 0 Å². The molecule has 0 spiro atoms. The van der Waals surface area contributed by atoms with Gasteiger partial charge in [0.15, 0.2) is 6.17 Å². The average Bonchev–Trinajstić information content (AvgIpc) is 2.89. The maximum atomic E-state index is 11.1. The molecular weight excluding hydrogens is 274 g/mol. The van der Waals surface area contributed by atoms with Gasteiger partial charge in [-0.05, 0) is 32.6 Å². The molecule has 1 aliphatic rings. The normalized spacial score (nSPS) is 23.9. The third kappa shape index (κ3) is 6.22. The van der Waals surface area contributed by atoms with Crippen LogP contribution in [0.2, 0.25) is 0 Å². The molecule has 1 rings (SSSR count). The Morgan fingerprint density at radius 1 is 1.27 bits per heavy atom. The fourth-order valence-electron chi connectivity index (χ4n) is 3.11. The predicted molar refractivity (Wildman–Crippen MR) is 92.9 cm³/mol. The van der Waals surface area contributed by atoms with Crippen LogP contribution in [0.3, 0.4) is 0 Å². The number of amides is 1. The van der Waals surface area contributed by atoms with Gasteiger partial charge >= 0.3 is 0 Å². The van der Waals surface area contributed by atoms with Crippen molar-refractivity contribution in [2.75, 3.05) is 19.6 Å². The van der Waals surface area contributed by atoms with E-state index in [-0.39, 0.29) is 5.91 Å². The number of allylic oxidation sites excluding steroid dienone is 2. The lowest BCUT2D eigenvalue weighted by molar-refractivity contribution is -0.898. The molecule has 2 N–H and O–H groups in total. The first-order valence-electron chi connectivity index (χ1n) is 8.84. The van der Waals surface area contributed by atoms with Gasteiger partial charge in [0.05, 0.1) is 19.3 Å². The number of unbranched alkanes of at least 4 members (excludes halogenated alkanes) is 3. The second-order valence-electron chi connectivity index (χ2n) is 6.14. The highest BCUT2D eigenvalue weighted by Crippen LogP contribution is 2.22. The summed E-state index contributed by atoms with van der Waals surface area (Å²) >= 11 is 0. The van der Waals surface area contributed by atoms with Crippen LogP contribution in [-0.4, -0.2) is 36.2 Å². The zero-order chi connectivity index (χ0) is 16.3. The lowest BCUT2D eigenvalue weighted by atomic mass is 10.1. The third-order valence-electron chi connectivity index (χ3n) is 4.52. The number of rotatable bonds is 11. The molecule has 0 fully saturated rings. The van der Waals surface area contributed by atoms with Gasteiger partial charge in [-0.1, -0.05) is 25.5 Å². The topological polar surface area (TPSA) is 41.1 Å². The fourth-order valence-corrected chi connectivity index (χ4v) is 3.11. The van der Waals surface area contributed by atoms with Crippen molar-refractivity contribution in [1.29, 1.82) is 0 Å². The summed E-state index contributed by atoms with van der Waals surface area (Å²) in [5.74, 6) is 0.0575. The number of carbonyl (C=O) groups is 1. The zero-order valence-corrected chi connectivity index (χ0v) is 14.6. The molecule has 0 aromatic heterocycles. The van der Waals surface area contributed by atoms with Crippen LogP contribution >= 0.6 is 0 Å². The van der Waals surface area contributed by atoms with Gasteiger partial charge in [-0.3, -0.25) is 9.28 Å². The molecule has 126 valence electrons. The van der Waals surface area contributed by atoms with E-state index < -0.39 is 0 Å². The Kier molecular flexibility index (Phi) is 8.90. The summed E-state index contributed by atoms with van der Waals surface area (Å²) in [5, 5.41) is 6.44. The highest BCUT2D eigenvalue weighted by Gasteiger charge is 2.35. The van der Waals surface area contributed by atoms with Crippen LogP contribution in [0.4, 0.5) is 0 Å². The van der Waals surface area contributed by atoms with Gasteiger partial charge in [-0.2, -0.15) is 0 Å². The van der Waals surface area contributed by atoms with E-state index in [0.29, 0.717) is 6.17 Å². The maximum Gasteiger partial charge on any atom is 0.217 e. The van der Waals surface area contributed by atoms with Crippen LogP contribution in [0.25, 0.3) is 0 Å². The SMILES string of the molecule is CC/C=C/CCCCCC1NC=C[N+]1(CC)CCNC(C)=O. The first kappa shape index (κ1) is 18.8. The van der Waals surface area contributed by atoms with Gasteiger partial charge in [0.2, 0.25) is 5.91 Å². The van der Waals surface area contributed by atoms with Crippen molar-refractivity contribution in [1.82, 2.24) is 10.6 Å². The van der Waals surface area contributed by atoms with E-state index in [0.717, 1.165) is 30.5 Å². The lowest BCUT2D eigenvalue weighted by Gasteiger charge is -2.37. The van der Waals surface area contributed by atoms with Gasteiger partial charge in [0.25, 0.3) is 0 Å². The highest BCUT2D eigenvalue weighted by molar-refractivity contribution is 5.72. The first-order chi connectivity index (χ1) is 10.6. The monoisotopic (exact) mass is 308 g/mol. The summed E-state index contributed by atoms with van der Waals surface area (Å²) in [5.41, 5.74) is 0. The minimum atomic E-state index is 0.0575. The molecule has 0 aromatic carbocycles. The second kappa shape index (κ2) is 10.4. The molecule has 4 nitrogen and oxygen atoms in total. The highest BCUT2D eigenvalue weighted by atomic mass is 16.1. The molecule has 1 aliphatic heterocycles. The van der Waals surface area contributed by atoms with Crippen molar-refractivity contribution < 1.29 is 9.28 Å². The number of nitrogens with one attached hydrogen (secondary N) is 2. The molecular formula is C18H34N3O+. The number of carbonyl (C=O) groups excluding carboxylic acids is 1. The molecule has 0 aliphatic carbocycles. The number of nitrogens with zero attached hydrogens (tertiary/aromatic N) is 1. The van der Waals surface area contributed by atoms with Crippen molar-refractivity contribution >= 4 is 5.91 Å². The van der Waals surface area contributed by atoms with Gasteiger partial charge in [-0.25, -0.2) is 0 Å².